The zero-order valence-corrected chi connectivity index (χ0v) is 17.9. The Bertz CT molecular complexity index is 927. The molecule has 5 rings (SSSR count). The summed E-state index contributed by atoms with van der Waals surface area (Å²) in [4.78, 5) is 17.3. The third-order valence-corrected chi connectivity index (χ3v) is 7.07. The minimum Gasteiger partial charge on any atom is -0.334 e. The summed E-state index contributed by atoms with van der Waals surface area (Å²) < 4.78 is 13.1. The van der Waals surface area contributed by atoms with Gasteiger partial charge in [-0.25, -0.2) is 4.39 Å². The molecule has 0 atom stereocenters. The predicted octanol–water partition coefficient (Wildman–Crippen LogP) is 4.95. The number of likely N-dealkylation sites (tertiary alicyclic amines) is 1. The SMILES string of the molecule is Cc1cc(CC2CCN(Cc3ccc(F)cc3)CC2)cc2c1C(=O)N(CC1CC1)C2. The van der Waals surface area contributed by atoms with Gasteiger partial charge in [-0.2, -0.15) is 0 Å². The lowest BCUT2D eigenvalue weighted by Gasteiger charge is -2.32. The third kappa shape index (κ3) is 4.29. The summed E-state index contributed by atoms with van der Waals surface area (Å²) >= 11 is 0. The van der Waals surface area contributed by atoms with Gasteiger partial charge in [0, 0.05) is 25.2 Å². The van der Waals surface area contributed by atoms with Crippen molar-refractivity contribution < 1.29 is 9.18 Å². The first-order valence-corrected chi connectivity index (χ1v) is 11.4. The lowest BCUT2D eigenvalue weighted by atomic mass is 9.88. The average molecular weight is 407 g/mol. The van der Waals surface area contributed by atoms with E-state index in [-0.39, 0.29) is 11.7 Å². The van der Waals surface area contributed by atoms with Crippen molar-refractivity contribution in [3.05, 3.63) is 70.0 Å². The highest BCUT2D eigenvalue weighted by Crippen LogP contribution is 2.35. The molecule has 0 bridgehead atoms. The number of halogens is 1. The number of aryl methyl sites for hydroxylation is 1. The van der Waals surface area contributed by atoms with Gasteiger partial charge in [0.2, 0.25) is 0 Å². The quantitative estimate of drug-likeness (QED) is 0.677. The number of carbonyl (C=O) groups excluding carboxylic acids is 1. The highest BCUT2D eigenvalue weighted by molar-refractivity contribution is 5.99. The highest BCUT2D eigenvalue weighted by atomic mass is 19.1. The fourth-order valence-corrected chi connectivity index (χ4v) is 5.21. The number of hydrogen-bond acceptors (Lipinski definition) is 2. The Labute approximate surface area is 178 Å². The lowest BCUT2D eigenvalue weighted by Crippen LogP contribution is -2.33. The molecule has 1 amide bonds. The Balaban J connectivity index is 1.18. The van der Waals surface area contributed by atoms with Crippen molar-refractivity contribution >= 4 is 5.91 Å². The molecule has 2 aliphatic heterocycles. The van der Waals surface area contributed by atoms with Crippen LogP contribution in [0.2, 0.25) is 0 Å². The summed E-state index contributed by atoms with van der Waals surface area (Å²) in [6.07, 6.45) is 6.07. The van der Waals surface area contributed by atoms with Crippen molar-refractivity contribution in [2.24, 2.45) is 11.8 Å². The maximum Gasteiger partial charge on any atom is 0.254 e. The van der Waals surface area contributed by atoms with Crippen molar-refractivity contribution in [3.8, 4) is 0 Å². The number of amides is 1. The molecule has 1 aliphatic carbocycles. The van der Waals surface area contributed by atoms with E-state index in [0.29, 0.717) is 5.92 Å². The zero-order chi connectivity index (χ0) is 20.7. The Morgan fingerprint density at radius 2 is 1.70 bits per heavy atom. The summed E-state index contributed by atoms with van der Waals surface area (Å²) in [7, 11) is 0. The predicted molar refractivity (Wildman–Crippen MR) is 117 cm³/mol. The van der Waals surface area contributed by atoms with Crippen LogP contribution in [0.5, 0.6) is 0 Å². The summed E-state index contributed by atoms with van der Waals surface area (Å²) in [6, 6.07) is 11.4. The van der Waals surface area contributed by atoms with E-state index < -0.39 is 0 Å². The van der Waals surface area contributed by atoms with E-state index in [2.05, 4.69) is 28.9 Å². The number of nitrogens with zero attached hydrogens (tertiary/aromatic N) is 2. The van der Waals surface area contributed by atoms with E-state index in [1.165, 1.54) is 42.4 Å². The van der Waals surface area contributed by atoms with Crippen LogP contribution in [0.25, 0.3) is 0 Å². The molecule has 3 aliphatic rings. The molecule has 1 saturated carbocycles. The van der Waals surface area contributed by atoms with Crippen LogP contribution in [0.1, 0.15) is 58.3 Å². The summed E-state index contributed by atoms with van der Waals surface area (Å²) in [6.45, 7) is 6.94. The normalized spacial score (nSPS) is 20.1. The van der Waals surface area contributed by atoms with Crippen molar-refractivity contribution in [3.63, 3.8) is 0 Å². The van der Waals surface area contributed by atoms with E-state index in [1.807, 2.05) is 12.1 Å². The first kappa shape index (κ1) is 19.7. The molecule has 30 heavy (non-hydrogen) atoms. The smallest absolute Gasteiger partial charge is 0.254 e. The van der Waals surface area contributed by atoms with Crippen LogP contribution in [0.4, 0.5) is 4.39 Å². The number of carbonyl (C=O) groups is 1. The summed E-state index contributed by atoms with van der Waals surface area (Å²) in [5.41, 5.74) is 5.94. The van der Waals surface area contributed by atoms with E-state index in [0.717, 1.165) is 56.2 Å². The number of piperidine rings is 1. The molecule has 0 N–H and O–H groups in total. The van der Waals surface area contributed by atoms with Gasteiger partial charge >= 0.3 is 0 Å². The Morgan fingerprint density at radius 1 is 0.967 bits per heavy atom. The molecule has 158 valence electrons. The maximum absolute atomic E-state index is 13.1. The molecule has 0 radical (unpaired) electrons. The van der Waals surface area contributed by atoms with E-state index in [4.69, 9.17) is 0 Å². The molecule has 2 aromatic carbocycles. The molecule has 1 saturated heterocycles. The van der Waals surface area contributed by atoms with Gasteiger partial charge in [-0.15, -0.1) is 0 Å². The molecular weight excluding hydrogens is 375 g/mol. The van der Waals surface area contributed by atoms with Gasteiger partial charge in [0.1, 0.15) is 5.82 Å². The molecule has 0 aromatic heterocycles. The molecule has 4 heteroatoms. The molecule has 2 heterocycles. The van der Waals surface area contributed by atoms with E-state index in [1.54, 1.807) is 12.1 Å². The Kier molecular flexibility index (Phi) is 5.36. The van der Waals surface area contributed by atoms with Crippen LogP contribution in [-0.4, -0.2) is 35.3 Å². The number of fused-ring (bicyclic) bond motifs is 1. The number of hydrogen-bond donors (Lipinski definition) is 0. The number of benzene rings is 2. The van der Waals surface area contributed by atoms with E-state index >= 15 is 0 Å². The zero-order valence-electron chi connectivity index (χ0n) is 17.9. The first-order valence-electron chi connectivity index (χ1n) is 11.4. The van der Waals surface area contributed by atoms with Crippen molar-refractivity contribution in [2.45, 2.75) is 52.1 Å². The molecule has 0 unspecified atom stereocenters. The topological polar surface area (TPSA) is 23.6 Å². The highest BCUT2D eigenvalue weighted by Gasteiger charge is 2.34. The Morgan fingerprint density at radius 3 is 2.40 bits per heavy atom. The van der Waals surface area contributed by atoms with Crippen LogP contribution < -0.4 is 0 Å². The minimum absolute atomic E-state index is 0.167. The largest absolute Gasteiger partial charge is 0.334 e. The van der Waals surface area contributed by atoms with Gasteiger partial charge < -0.3 is 4.90 Å². The van der Waals surface area contributed by atoms with Crippen LogP contribution in [-0.2, 0) is 19.5 Å². The first-order chi connectivity index (χ1) is 14.5. The second-order valence-electron chi connectivity index (χ2n) is 9.63. The van der Waals surface area contributed by atoms with Crippen molar-refractivity contribution in [1.29, 1.82) is 0 Å². The second kappa shape index (κ2) is 8.14. The van der Waals surface area contributed by atoms with Gasteiger partial charge in [0.15, 0.2) is 0 Å². The summed E-state index contributed by atoms with van der Waals surface area (Å²) in [5.74, 6) is 1.52. The van der Waals surface area contributed by atoms with Gasteiger partial charge in [-0.3, -0.25) is 9.69 Å². The fourth-order valence-electron chi connectivity index (χ4n) is 5.21. The van der Waals surface area contributed by atoms with Gasteiger partial charge in [-0.05, 0) is 98.3 Å². The van der Waals surface area contributed by atoms with Crippen LogP contribution >= 0.6 is 0 Å². The standard InChI is InChI=1S/C26H31FN2O/c1-18-12-22(14-23-17-29(16-21-2-3-21)26(30)25(18)23)13-19-8-10-28(11-9-19)15-20-4-6-24(27)7-5-20/h4-7,12,14,19,21H,2-3,8-11,13,15-17H2,1H3. The van der Waals surface area contributed by atoms with Crippen LogP contribution in [0, 0.1) is 24.6 Å². The minimum atomic E-state index is -0.167. The second-order valence-corrected chi connectivity index (χ2v) is 9.63. The lowest BCUT2D eigenvalue weighted by molar-refractivity contribution is 0.0770. The average Bonchev–Trinajstić information content (AvgIpc) is 3.48. The maximum atomic E-state index is 13.1. The Hall–Kier alpha value is -2.20. The molecule has 3 nitrogen and oxygen atoms in total. The van der Waals surface area contributed by atoms with Gasteiger partial charge in [0.25, 0.3) is 5.91 Å². The molecule has 2 aromatic rings. The molecule has 0 spiro atoms. The van der Waals surface area contributed by atoms with E-state index in [9.17, 15) is 9.18 Å². The van der Waals surface area contributed by atoms with Crippen LogP contribution in [0.3, 0.4) is 0 Å². The summed E-state index contributed by atoms with van der Waals surface area (Å²) in [5, 5.41) is 0. The molecule has 2 fully saturated rings. The van der Waals surface area contributed by atoms with Crippen molar-refractivity contribution in [1.82, 2.24) is 9.80 Å². The van der Waals surface area contributed by atoms with Crippen molar-refractivity contribution in [2.75, 3.05) is 19.6 Å². The molecular formula is C26H31FN2O. The number of rotatable bonds is 6. The fraction of sp³-hybridized carbons (Fsp3) is 0.500. The monoisotopic (exact) mass is 406 g/mol. The van der Waals surface area contributed by atoms with Gasteiger partial charge in [-0.1, -0.05) is 24.3 Å². The third-order valence-electron chi connectivity index (χ3n) is 7.07. The van der Waals surface area contributed by atoms with Crippen LogP contribution in [0.15, 0.2) is 36.4 Å². The van der Waals surface area contributed by atoms with Gasteiger partial charge in [0.05, 0.1) is 0 Å².